The lowest BCUT2D eigenvalue weighted by atomic mass is 9.96. The van der Waals surface area contributed by atoms with Crippen LogP contribution in [0, 0.1) is 0 Å². The molecule has 0 bridgehead atoms. The highest BCUT2D eigenvalue weighted by atomic mass is 32.2. The molecule has 0 amide bonds. The third kappa shape index (κ3) is 2.85. The van der Waals surface area contributed by atoms with E-state index < -0.39 is 17.0 Å². The number of nitrogens with two attached hydrogens (primary N) is 1. The summed E-state index contributed by atoms with van der Waals surface area (Å²) in [5, 5.41) is -0.249. The Bertz CT molecular complexity index is 653. The molecule has 1 aliphatic heterocycles. The number of alkyl halides is 3. The van der Waals surface area contributed by atoms with Gasteiger partial charge in [0.05, 0.1) is 28.5 Å². The van der Waals surface area contributed by atoms with Crippen LogP contribution in [0.1, 0.15) is 17.5 Å². The first-order chi connectivity index (χ1) is 10.3. The summed E-state index contributed by atoms with van der Waals surface area (Å²) in [6.45, 7) is 3.56. The quantitative estimate of drug-likeness (QED) is 0.858. The van der Waals surface area contributed by atoms with Crippen LogP contribution in [-0.4, -0.2) is 18.1 Å². The predicted octanol–water partition coefficient (Wildman–Crippen LogP) is 3.60. The number of ether oxygens (including phenoxy) is 1. The molecule has 0 aliphatic carbocycles. The van der Waals surface area contributed by atoms with Gasteiger partial charge in [-0.25, -0.2) is 0 Å². The van der Waals surface area contributed by atoms with E-state index in [1.807, 2.05) is 0 Å². The van der Waals surface area contributed by atoms with Crippen LogP contribution in [0.5, 0.6) is 5.75 Å². The maximum Gasteiger partial charge on any atom is 0.419 e. The van der Waals surface area contributed by atoms with Crippen LogP contribution in [0.4, 0.5) is 13.2 Å². The number of carbonyl (C=O) groups excluding carboxylic acids is 1. The van der Waals surface area contributed by atoms with Gasteiger partial charge in [0.1, 0.15) is 5.75 Å². The summed E-state index contributed by atoms with van der Waals surface area (Å²) in [5.74, 6) is -0.693. The molecule has 0 radical (unpaired) electrons. The first kappa shape index (κ1) is 16.5. The third-order valence-electron chi connectivity index (χ3n) is 3.23. The average Bonchev–Trinajstić information content (AvgIpc) is 2.72. The number of carbonyl (C=O) groups is 1. The number of methoxy groups -OCH3 is 1. The first-order valence-electron chi connectivity index (χ1n) is 6.37. The molecule has 1 unspecified atom stereocenters. The molecule has 0 aromatic heterocycles. The number of rotatable bonds is 4. The largest absolute Gasteiger partial charge is 0.495 e. The molecule has 2 N–H and O–H groups in total. The average molecular weight is 329 g/mol. The number of hydrogen-bond donors (Lipinski definition) is 1. The zero-order chi connectivity index (χ0) is 16.5. The van der Waals surface area contributed by atoms with Crippen molar-refractivity contribution in [3.05, 3.63) is 47.0 Å². The fourth-order valence-electron chi connectivity index (χ4n) is 2.30. The van der Waals surface area contributed by atoms with Crippen LogP contribution >= 0.6 is 11.8 Å². The maximum absolute atomic E-state index is 13.1. The number of allylic oxidation sites excluding steroid dienone is 2. The van der Waals surface area contributed by atoms with Crippen molar-refractivity contribution in [1.29, 1.82) is 0 Å². The zero-order valence-corrected chi connectivity index (χ0v) is 12.6. The zero-order valence-electron chi connectivity index (χ0n) is 11.7. The van der Waals surface area contributed by atoms with Gasteiger partial charge >= 0.3 is 6.18 Å². The van der Waals surface area contributed by atoms with Crippen LogP contribution in [0.25, 0.3) is 5.57 Å². The molecule has 3 nitrogen and oxygen atoms in total. The molecular weight excluding hydrogens is 315 g/mol. The second-order valence-electron chi connectivity index (χ2n) is 4.62. The first-order valence-corrected chi connectivity index (χ1v) is 7.25. The highest BCUT2D eigenvalue weighted by Crippen LogP contribution is 2.45. The van der Waals surface area contributed by atoms with Crippen molar-refractivity contribution in [2.45, 2.75) is 17.8 Å². The molecular formula is C15H14F3NO2S. The fourth-order valence-corrected chi connectivity index (χ4v) is 3.39. The van der Waals surface area contributed by atoms with Crippen LogP contribution in [0.15, 0.2) is 35.9 Å². The van der Waals surface area contributed by atoms with Crippen LogP contribution in [-0.2, 0) is 11.0 Å². The Morgan fingerprint density at radius 1 is 1.45 bits per heavy atom. The molecule has 1 aromatic rings. The highest BCUT2D eigenvalue weighted by Gasteiger charge is 2.39. The van der Waals surface area contributed by atoms with E-state index in [1.54, 1.807) is 6.08 Å². The van der Waals surface area contributed by atoms with E-state index in [4.69, 9.17) is 10.5 Å². The van der Waals surface area contributed by atoms with Crippen molar-refractivity contribution in [2.24, 2.45) is 5.73 Å². The summed E-state index contributed by atoms with van der Waals surface area (Å²) in [6.07, 6.45) is -2.60. The standard InChI is InChI=1S/C15H14F3NO2S/c1-3-5-10-12(20)11(14(19)22-10)8-6-4-7-9(13(8)21-2)15(16,17)18/h3-4,6-7,10H,1,5,19H2,2H3. The van der Waals surface area contributed by atoms with Crippen molar-refractivity contribution in [3.63, 3.8) is 0 Å². The Balaban J connectivity index is 2.56. The highest BCUT2D eigenvalue weighted by molar-refractivity contribution is 8.05. The minimum Gasteiger partial charge on any atom is -0.495 e. The molecule has 22 heavy (non-hydrogen) atoms. The van der Waals surface area contributed by atoms with Crippen molar-refractivity contribution >= 4 is 23.1 Å². The van der Waals surface area contributed by atoms with Gasteiger partial charge in [0, 0.05) is 5.56 Å². The smallest absolute Gasteiger partial charge is 0.419 e. The number of halogens is 3. The molecule has 7 heteroatoms. The second-order valence-corrected chi connectivity index (χ2v) is 5.86. The molecule has 1 atom stereocenters. The SMILES string of the molecule is C=CCC1SC(N)=C(c2cccc(C(F)(F)F)c2OC)C1=O. The van der Waals surface area contributed by atoms with Gasteiger partial charge in [-0.2, -0.15) is 13.2 Å². The summed E-state index contributed by atoms with van der Waals surface area (Å²) in [5.41, 5.74) is 5.07. The van der Waals surface area contributed by atoms with Gasteiger partial charge in [0.2, 0.25) is 0 Å². The van der Waals surface area contributed by atoms with Crippen LogP contribution in [0.2, 0.25) is 0 Å². The second kappa shape index (κ2) is 6.08. The Kier molecular flexibility index (Phi) is 4.55. The van der Waals surface area contributed by atoms with E-state index in [1.165, 1.54) is 12.1 Å². The van der Waals surface area contributed by atoms with Gasteiger partial charge < -0.3 is 10.5 Å². The van der Waals surface area contributed by atoms with Crippen molar-refractivity contribution in [3.8, 4) is 5.75 Å². The lowest BCUT2D eigenvalue weighted by Crippen LogP contribution is -2.14. The molecule has 0 saturated carbocycles. The topological polar surface area (TPSA) is 52.3 Å². The van der Waals surface area contributed by atoms with Crippen molar-refractivity contribution in [1.82, 2.24) is 0 Å². The Labute approximate surface area is 130 Å². The fraction of sp³-hybridized carbons (Fsp3) is 0.267. The van der Waals surface area contributed by atoms with E-state index >= 15 is 0 Å². The van der Waals surface area contributed by atoms with E-state index in [9.17, 15) is 18.0 Å². The minimum atomic E-state index is -4.58. The number of hydrogen-bond acceptors (Lipinski definition) is 4. The summed E-state index contributed by atoms with van der Waals surface area (Å²) in [6, 6.07) is 3.55. The van der Waals surface area contributed by atoms with Gasteiger partial charge in [-0.3, -0.25) is 4.79 Å². The van der Waals surface area contributed by atoms with Crippen molar-refractivity contribution < 1.29 is 22.7 Å². The van der Waals surface area contributed by atoms with Gasteiger partial charge in [0.15, 0.2) is 5.78 Å². The number of thioether (sulfide) groups is 1. The minimum absolute atomic E-state index is 0.0684. The van der Waals surface area contributed by atoms with Gasteiger partial charge in [-0.15, -0.1) is 6.58 Å². The molecule has 1 aromatic carbocycles. The molecule has 118 valence electrons. The lowest BCUT2D eigenvalue weighted by molar-refractivity contribution is -0.138. The van der Waals surface area contributed by atoms with Crippen molar-refractivity contribution in [2.75, 3.05) is 7.11 Å². The van der Waals surface area contributed by atoms with Crippen LogP contribution in [0.3, 0.4) is 0 Å². The normalized spacial score (nSPS) is 18.7. The summed E-state index contributed by atoms with van der Waals surface area (Å²) < 4.78 is 44.1. The summed E-state index contributed by atoms with van der Waals surface area (Å²) in [4.78, 5) is 12.4. The molecule has 2 rings (SSSR count). The molecule has 1 aliphatic rings. The molecule has 1 heterocycles. The number of para-hydroxylation sites is 1. The summed E-state index contributed by atoms with van der Waals surface area (Å²) >= 11 is 1.13. The lowest BCUT2D eigenvalue weighted by Gasteiger charge is -2.16. The van der Waals surface area contributed by atoms with Gasteiger partial charge in [-0.05, 0) is 12.5 Å². The third-order valence-corrected chi connectivity index (χ3v) is 4.38. The van der Waals surface area contributed by atoms with Gasteiger partial charge in [0.25, 0.3) is 0 Å². The Morgan fingerprint density at radius 3 is 2.68 bits per heavy atom. The Hall–Kier alpha value is -1.89. The molecule has 0 fully saturated rings. The maximum atomic E-state index is 13.1. The Morgan fingerprint density at radius 2 is 2.14 bits per heavy atom. The van der Waals surface area contributed by atoms with E-state index in [0.717, 1.165) is 24.9 Å². The van der Waals surface area contributed by atoms with E-state index in [0.29, 0.717) is 6.42 Å². The number of benzene rings is 1. The van der Waals surface area contributed by atoms with Crippen LogP contribution < -0.4 is 10.5 Å². The van der Waals surface area contributed by atoms with Gasteiger partial charge in [-0.1, -0.05) is 30.0 Å². The molecule has 0 saturated heterocycles. The van der Waals surface area contributed by atoms with E-state index in [2.05, 4.69) is 6.58 Å². The monoisotopic (exact) mass is 329 g/mol. The van der Waals surface area contributed by atoms with E-state index in [-0.39, 0.29) is 27.7 Å². The number of Topliss-reactive ketones (excluding diaryl/α,β-unsaturated/α-hetero) is 1. The number of ketones is 1. The molecule has 0 spiro atoms. The predicted molar refractivity (Wildman–Crippen MR) is 80.3 cm³/mol. The summed E-state index contributed by atoms with van der Waals surface area (Å²) in [7, 11) is 1.14.